The largest absolute Gasteiger partial charge is 0.338 e. The van der Waals surface area contributed by atoms with E-state index in [0.29, 0.717) is 6.04 Å². The summed E-state index contributed by atoms with van der Waals surface area (Å²) in [6.07, 6.45) is 4.79. The molecule has 114 valence electrons. The number of aryl methyl sites for hydroxylation is 1. The average Bonchev–Trinajstić information content (AvgIpc) is 2.83. The standard InChI is InChI=1S/C18H27N3/c1-14(19-11-10-17-20-12-13-21(17)5)15-6-8-16(9-7-15)18(2,3)4/h6-9,12-14,19H,10-11H2,1-5H3. The van der Waals surface area contributed by atoms with Gasteiger partial charge in [0.25, 0.3) is 0 Å². The molecule has 0 fully saturated rings. The third-order valence-corrected chi connectivity index (χ3v) is 4.00. The molecule has 1 atom stereocenters. The van der Waals surface area contributed by atoms with E-state index < -0.39 is 0 Å². The van der Waals surface area contributed by atoms with Crippen LogP contribution in [0.15, 0.2) is 36.7 Å². The van der Waals surface area contributed by atoms with Crippen molar-refractivity contribution in [1.29, 1.82) is 0 Å². The highest BCUT2D eigenvalue weighted by Gasteiger charge is 2.13. The Balaban J connectivity index is 1.88. The van der Waals surface area contributed by atoms with Gasteiger partial charge in [0.15, 0.2) is 0 Å². The smallest absolute Gasteiger partial charge is 0.109 e. The van der Waals surface area contributed by atoms with Crippen molar-refractivity contribution in [3.8, 4) is 0 Å². The van der Waals surface area contributed by atoms with E-state index in [2.05, 4.69) is 66.8 Å². The minimum absolute atomic E-state index is 0.216. The van der Waals surface area contributed by atoms with Crippen LogP contribution in [0, 0.1) is 0 Å². The zero-order valence-corrected chi connectivity index (χ0v) is 13.9. The first-order valence-electron chi connectivity index (χ1n) is 7.68. The van der Waals surface area contributed by atoms with Gasteiger partial charge >= 0.3 is 0 Å². The topological polar surface area (TPSA) is 29.9 Å². The van der Waals surface area contributed by atoms with Gasteiger partial charge in [-0.1, -0.05) is 45.0 Å². The summed E-state index contributed by atoms with van der Waals surface area (Å²) in [5, 5.41) is 3.57. The Bertz CT molecular complexity index is 561. The normalized spacial score (nSPS) is 13.4. The van der Waals surface area contributed by atoms with Crippen molar-refractivity contribution in [2.45, 2.75) is 45.6 Å². The molecular formula is C18H27N3. The summed E-state index contributed by atoms with van der Waals surface area (Å²) >= 11 is 0. The number of hydrogen-bond donors (Lipinski definition) is 1. The van der Waals surface area contributed by atoms with Gasteiger partial charge in [-0.25, -0.2) is 4.98 Å². The first-order chi connectivity index (χ1) is 9.88. The van der Waals surface area contributed by atoms with Gasteiger partial charge in [-0.05, 0) is 23.5 Å². The van der Waals surface area contributed by atoms with Crippen LogP contribution in [0.4, 0.5) is 0 Å². The Morgan fingerprint density at radius 1 is 1.19 bits per heavy atom. The molecule has 0 aliphatic heterocycles. The van der Waals surface area contributed by atoms with E-state index in [1.807, 2.05) is 19.4 Å². The summed E-state index contributed by atoms with van der Waals surface area (Å²) in [7, 11) is 2.04. The molecule has 0 radical (unpaired) electrons. The molecule has 2 aromatic rings. The molecule has 3 nitrogen and oxygen atoms in total. The van der Waals surface area contributed by atoms with Crippen molar-refractivity contribution in [1.82, 2.24) is 14.9 Å². The highest BCUT2D eigenvalue weighted by molar-refractivity contribution is 5.29. The van der Waals surface area contributed by atoms with Crippen molar-refractivity contribution < 1.29 is 0 Å². The van der Waals surface area contributed by atoms with E-state index in [4.69, 9.17) is 0 Å². The van der Waals surface area contributed by atoms with Crippen molar-refractivity contribution in [2.24, 2.45) is 7.05 Å². The van der Waals surface area contributed by atoms with Crippen LogP contribution in [-0.2, 0) is 18.9 Å². The molecule has 0 amide bonds. The molecule has 1 aromatic heterocycles. The predicted octanol–water partition coefficient (Wildman–Crippen LogP) is 3.61. The Kier molecular flexibility index (Phi) is 4.84. The fourth-order valence-electron chi connectivity index (χ4n) is 2.43. The number of aromatic nitrogens is 2. The van der Waals surface area contributed by atoms with E-state index in [9.17, 15) is 0 Å². The number of rotatable bonds is 5. The number of nitrogens with one attached hydrogen (secondary N) is 1. The Morgan fingerprint density at radius 3 is 2.38 bits per heavy atom. The van der Waals surface area contributed by atoms with Gasteiger partial charge in [0.2, 0.25) is 0 Å². The zero-order chi connectivity index (χ0) is 15.5. The van der Waals surface area contributed by atoms with Gasteiger partial charge in [0, 0.05) is 38.4 Å². The molecule has 1 N–H and O–H groups in total. The maximum absolute atomic E-state index is 4.35. The van der Waals surface area contributed by atoms with E-state index >= 15 is 0 Å². The molecule has 21 heavy (non-hydrogen) atoms. The van der Waals surface area contributed by atoms with Crippen LogP contribution < -0.4 is 5.32 Å². The average molecular weight is 285 g/mol. The highest BCUT2D eigenvalue weighted by Crippen LogP contribution is 2.23. The molecule has 1 heterocycles. The first-order valence-corrected chi connectivity index (χ1v) is 7.68. The molecule has 0 aliphatic rings. The third-order valence-electron chi connectivity index (χ3n) is 4.00. The highest BCUT2D eigenvalue weighted by atomic mass is 15.0. The molecule has 0 saturated heterocycles. The van der Waals surface area contributed by atoms with Crippen LogP contribution in [0.2, 0.25) is 0 Å². The first kappa shape index (κ1) is 15.8. The molecule has 1 aromatic carbocycles. The Morgan fingerprint density at radius 2 is 1.86 bits per heavy atom. The number of nitrogens with zero attached hydrogens (tertiary/aromatic N) is 2. The molecule has 2 rings (SSSR count). The van der Waals surface area contributed by atoms with E-state index in [0.717, 1.165) is 18.8 Å². The van der Waals surface area contributed by atoms with Crippen LogP contribution in [0.5, 0.6) is 0 Å². The van der Waals surface area contributed by atoms with E-state index in [-0.39, 0.29) is 5.41 Å². The molecular weight excluding hydrogens is 258 g/mol. The van der Waals surface area contributed by atoms with Gasteiger partial charge in [-0.2, -0.15) is 0 Å². The minimum Gasteiger partial charge on any atom is -0.338 e. The lowest BCUT2D eigenvalue weighted by Gasteiger charge is -2.20. The fraction of sp³-hybridized carbons (Fsp3) is 0.500. The third kappa shape index (κ3) is 4.18. The number of imidazole rings is 1. The van der Waals surface area contributed by atoms with Crippen LogP contribution in [0.25, 0.3) is 0 Å². The van der Waals surface area contributed by atoms with Gasteiger partial charge < -0.3 is 9.88 Å². The van der Waals surface area contributed by atoms with Crippen molar-refractivity contribution in [3.63, 3.8) is 0 Å². The second kappa shape index (κ2) is 6.44. The molecule has 1 unspecified atom stereocenters. The lowest BCUT2D eigenvalue weighted by Crippen LogP contribution is -2.22. The van der Waals surface area contributed by atoms with Gasteiger partial charge in [0.05, 0.1) is 0 Å². The minimum atomic E-state index is 0.216. The zero-order valence-electron chi connectivity index (χ0n) is 13.9. The molecule has 0 aliphatic carbocycles. The van der Waals surface area contributed by atoms with Crippen LogP contribution in [0.1, 0.15) is 50.7 Å². The summed E-state index contributed by atoms with van der Waals surface area (Å²) in [4.78, 5) is 4.35. The van der Waals surface area contributed by atoms with Crippen LogP contribution >= 0.6 is 0 Å². The summed E-state index contributed by atoms with van der Waals surface area (Å²) in [5.74, 6) is 1.12. The lowest BCUT2D eigenvalue weighted by molar-refractivity contribution is 0.562. The van der Waals surface area contributed by atoms with Crippen molar-refractivity contribution in [3.05, 3.63) is 53.6 Å². The number of benzene rings is 1. The van der Waals surface area contributed by atoms with Gasteiger partial charge in [-0.3, -0.25) is 0 Å². The maximum atomic E-state index is 4.35. The summed E-state index contributed by atoms with van der Waals surface area (Å²) in [5.41, 5.74) is 2.93. The van der Waals surface area contributed by atoms with Crippen LogP contribution in [-0.4, -0.2) is 16.1 Å². The molecule has 3 heteroatoms. The Labute approximate surface area is 128 Å². The molecule has 0 bridgehead atoms. The van der Waals surface area contributed by atoms with Gasteiger partial charge in [-0.15, -0.1) is 0 Å². The lowest BCUT2D eigenvalue weighted by atomic mass is 9.86. The summed E-state index contributed by atoms with van der Waals surface area (Å²) in [6.45, 7) is 9.89. The van der Waals surface area contributed by atoms with E-state index in [1.54, 1.807) is 0 Å². The summed E-state index contributed by atoms with van der Waals surface area (Å²) in [6, 6.07) is 9.32. The SMILES string of the molecule is CC(NCCc1nccn1C)c1ccc(C(C)(C)C)cc1. The van der Waals surface area contributed by atoms with Gasteiger partial charge in [0.1, 0.15) is 5.82 Å². The molecule has 0 spiro atoms. The van der Waals surface area contributed by atoms with Crippen molar-refractivity contribution in [2.75, 3.05) is 6.54 Å². The fourth-order valence-corrected chi connectivity index (χ4v) is 2.43. The second-order valence-corrected chi connectivity index (χ2v) is 6.75. The predicted molar refractivity (Wildman–Crippen MR) is 88.5 cm³/mol. The Hall–Kier alpha value is -1.61. The monoisotopic (exact) mass is 285 g/mol. The van der Waals surface area contributed by atoms with Crippen molar-refractivity contribution >= 4 is 0 Å². The quantitative estimate of drug-likeness (QED) is 0.909. The second-order valence-electron chi connectivity index (χ2n) is 6.75. The molecule has 0 saturated carbocycles. The number of hydrogen-bond acceptors (Lipinski definition) is 2. The van der Waals surface area contributed by atoms with E-state index in [1.165, 1.54) is 11.1 Å². The summed E-state index contributed by atoms with van der Waals surface area (Å²) < 4.78 is 2.07. The maximum Gasteiger partial charge on any atom is 0.109 e. The van der Waals surface area contributed by atoms with Crippen LogP contribution in [0.3, 0.4) is 0 Å².